The molecule has 0 radical (unpaired) electrons. The Morgan fingerprint density at radius 1 is 1.41 bits per heavy atom. The lowest BCUT2D eigenvalue weighted by molar-refractivity contribution is 0.218. The Morgan fingerprint density at radius 3 is 2.82 bits per heavy atom. The summed E-state index contributed by atoms with van der Waals surface area (Å²) in [5.41, 5.74) is 3.20. The number of aliphatic hydroxyl groups is 1. The molecule has 1 saturated carbocycles. The summed E-state index contributed by atoms with van der Waals surface area (Å²) >= 11 is 0. The summed E-state index contributed by atoms with van der Waals surface area (Å²) in [6, 6.07) is 7.01. The first-order chi connectivity index (χ1) is 8.12. The molecule has 1 aromatic heterocycles. The van der Waals surface area contributed by atoms with Crippen LogP contribution in [-0.4, -0.2) is 21.3 Å². The molecule has 1 aliphatic carbocycles. The number of fused-ring (bicyclic) bond motifs is 1. The van der Waals surface area contributed by atoms with Gasteiger partial charge in [-0.25, -0.2) is 4.98 Å². The molecule has 0 saturated heterocycles. The lowest BCUT2D eigenvalue weighted by Gasteiger charge is -2.22. The number of hydrogen-bond donors (Lipinski definition) is 1. The molecule has 2 aromatic rings. The van der Waals surface area contributed by atoms with Gasteiger partial charge in [0.2, 0.25) is 0 Å². The summed E-state index contributed by atoms with van der Waals surface area (Å²) in [5, 5.41) is 9.40. The van der Waals surface area contributed by atoms with Crippen molar-refractivity contribution < 1.29 is 5.11 Å². The number of nitrogens with zero attached hydrogens (tertiary/aromatic N) is 2. The summed E-state index contributed by atoms with van der Waals surface area (Å²) < 4.78 is 2.27. The number of imidazole rings is 1. The first kappa shape index (κ1) is 10.8. The zero-order valence-electron chi connectivity index (χ0n) is 10.3. The van der Waals surface area contributed by atoms with Gasteiger partial charge in [0.1, 0.15) is 0 Å². The largest absolute Gasteiger partial charge is 0.395 e. The highest BCUT2D eigenvalue weighted by Gasteiger charge is 2.26. The van der Waals surface area contributed by atoms with Crippen molar-refractivity contribution in [1.82, 2.24) is 9.55 Å². The second kappa shape index (κ2) is 3.57. The first-order valence-corrected chi connectivity index (χ1v) is 6.20. The minimum atomic E-state index is -0.197. The van der Waals surface area contributed by atoms with E-state index in [0.717, 1.165) is 11.1 Å². The SMILES string of the molecule is CC(C)(CO)c1ccc2c(c1)ncn2C1CC1. The van der Waals surface area contributed by atoms with Crippen LogP contribution in [0.15, 0.2) is 24.5 Å². The van der Waals surface area contributed by atoms with Gasteiger partial charge in [-0.1, -0.05) is 19.9 Å². The smallest absolute Gasteiger partial charge is 0.0960 e. The van der Waals surface area contributed by atoms with Crippen molar-refractivity contribution in [2.75, 3.05) is 6.61 Å². The Labute approximate surface area is 101 Å². The molecule has 0 bridgehead atoms. The van der Waals surface area contributed by atoms with E-state index in [1.165, 1.54) is 18.4 Å². The zero-order valence-corrected chi connectivity index (χ0v) is 10.3. The monoisotopic (exact) mass is 230 g/mol. The van der Waals surface area contributed by atoms with Crippen molar-refractivity contribution in [3.8, 4) is 0 Å². The minimum Gasteiger partial charge on any atom is -0.395 e. The fraction of sp³-hybridized carbons (Fsp3) is 0.500. The van der Waals surface area contributed by atoms with Crippen molar-refractivity contribution in [3.05, 3.63) is 30.1 Å². The second-order valence-electron chi connectivity index (χ2n) is 5.63. The first-order valence-electron chi connectivity index (χ1n) is 6.20. The molecule has 0 unspecified atom stereocenters. The Balaban J connectivity index is 2.08. The fourth-order valence-electron chi connectivity index (χ4n) is 2.19. The van der Waals surface area contributed by atoms with Gasteiger partial charge >= 0.3 is 0 Å². The molecule has 3 rings (SSSR count). The molecule has 1 aromatic carbocycles. The highest BCUT2D eigenvalue weighted by Crippen LogP contribution is 2.37. The van der Waals surface area contributed by atoms with E-state index in [9.17, 15) is 5.11 Å². The van der Waals surface area contributed by atoms with Gasteiger partial charge in [0.05, 0.1) is 24.0 Å². The van der Waals surface area contributed by atoms with Crippen LogP contribution in [0.4, 0.5) is 0 Å². The van der Waals surface area contributed by atoms with Gasteiger partial charge in [0.25, 0.3) is 0 Å². The summed E-state index contributed by atoms with van der Waals surface area (Å²) in [5.74, 6) is 0. The molecule has 1 aliphatic rings. The van der Waals surface area contributed by atoms with Crippen molar-refractivity contribution >= 4 is 11.0 Å². The number of rotatable bonds is 3. The molecule has 3 heteroatoms. The summed E-state index contributed by atoms with van der Waals surface area (Å²) in [6.07, 6.45) is 4.49. The third-order valence-electron chi connectivity index (χ3n) is 3.69. The number of aliphatic hydroxyl groups excluding tert-OH is 1. The van der Waals surface area contributed by atoms with Crippen molar-refractivity contribution in [2.24, 2.45) is 0 Å². The lowest BCUT2D eigenvalue weighted by atomic mass is 9.85. The zero-order chi connectivity index (χ0) is 12.0. The molecular weight excluding hydrogens is 212 g/mol. The Hall–Kier alpha value is -1.35. The second-order valence-corrected chi connectivity index (χ2v) is 5.63. The van der Waals surface area contributed by atoms with E-state index >= 15 is 0 Å². The van der Waals surface area contributed by atoms with E-state index in [-0.39, 0.29) is 12.0 Å². The van der Waals surface area contributed by atoms with Gasteiger partial charge < -0.3 is 9.67 Å². The van der Waals surface area contributed by atoms with Crippen molar-refractivity contribution in [2.45, 2.75) is 38.1 Å². The summed E-state index contributed by atoms with van der Waals surface area (Å²) in [7, 11) is 0. The minimum absolute atomic E-state index is 0.155. The normalized spacial score (nSPS) is 16.6. The maximum Gasteiger partial charge on any atom is 0.0960 e. The topological polar surface area (TPSA) is 38.1 Å². The number of hydrogen-bond acceptors (Lipinski definition) is 2. The molecule has 1 N–H and O–H groups in total. The predicted molar refractivity (Wildman–Crippen MR) is 68.1 cm³/mol. The Morgan fingerprint density at radius 2 is 2.18 bits per heavy atom. The molecular formula is C14H18N2O. The van der Waals surface area contributed by atoms with E-state index in [1.54, 1.807) is 0 Å². The summed E-state index contributed by atoms with van der Waals surface area (Å²) in [4.78, 5) is 4.47. The van der Waals surface area contributed by atoms with Crippen LogP contribution in [0, 0.1) is 0 Å². The predicted octanol–water partition coefficient (Wildman–Crippen LogP) is 2.64. The van der Waals surface area contributed by atoms with Gasteiger partial charge in [0, 0.05) is 11.5 Å². The average molecular weight is 230 g/mol. The third kappa shape index (κ3) is 1.75. The molecule has 0 spiro atoms. The van der Waals surface area contributed by atoms with Gasteiger partial charge in [-0.2, -0.15) is 0 Å². The highest BCUT2D eigenvalue weighted by molar-refractivity contribution is 5.76. The van der Waals surface area contributed by atoms with Crippen molar-refractivity contribution in [3.63, 3.8) is 0 Å². The van der Waals surface area contributed by atoms with E-state index in [4.69, 9.17) is 0 Å². The molecule has 1 fully saturated rings. The Kier molecular flexibility index (Phi) is 2.26. The maximum atomic E-state index is 9.40. The van der Waals surface area contributed by atoms with Crippen LogP contribution < -0.4 is 0 Å². The number of benzene rings is 1. The van der Waals surface area contributed by atoms with E-state index in [0.29, 0.717) is 6.04 Å². The molecule has 3 nitrogen and oxygen atoms in total. The van der Waals surface area contributed by atoms with Crippen LogP contribution in [0.3, 0.4) is 0 Å². The highest BCUT2D eigenvalue weighted by atomic mass is 16.3. The van der Waals surface area contributed by atoms with Crippen molar-refractivity contribution in [1.29, 1.82) is 0 Å². The molecule has 0 atom stereocenters. The van der Waals surface area contributed by atoms with E-state index in [1.807, 2.05) is 20.2 Å². The average Bonchev–Trinajstić information content (AvgIpc) is 3.08. The van der Waals surface area contributed by atoms with Crippen LogP contribution in [0.2, 0.25) is 0 Å². The molecule has 1 heterocycles. The third-order valence-corrected chi connectivity index (χ3v) is 3.69. The fourth-order valence-corrected chi connectivity index (χ4v) is 2.19. The van der Waals surface area contributed by atoms with E-state index < -0.39 is 0 Å². The summed E-state index contributed by atoms with van der Waals surface area (Å²) in [6.45, 7) is 4.25. The van der Waals surface area contributed by atoms with Gasteiger partial charge in [-0.05, 0) is 30.5 Å². The van der Waals surface area contributed by atoms with Crippen LogP contribution >= 0.6 is 0 Å². The maximum absolute atomic E-state index is 9.40. The number of aromatic nitrogens is 2. The van der Waals surface area contributed by atoms with E-state index in [2.05, 4.69) is 27.8 Å². The van der Waals surface area contributed by atoms with Crippen LogP contribution in [0.25, 0.3) is 11.0 Å². The molecule has 0 amide bonds. The van der Waals surface area contributed by atoms with Gasteiger partial charge in [-0.15, -0.1) is 0 Å². The lowest BCUT2D eigenvalue weighted by Crippen LogP contribution is -2.21. The van der Waals surface area contributed by atoms with Crippen LogP contribution in [-0.2, 0) is 5.41 Å². The molecule has 0 aliphatic heterocycles. The standard InChI is InChI=1S/C14H18N2O/c1-14(2,8-17)10-3-6-13-12(7-10)15-9-16(13)11-4-5-11/h3,6-7,9,11,17H,4-5,8H2,1-2H3. The molecule has 90 valence electrons. The Bertz CT molecular complexity index is 552. The van der Waals surface area contributed by atoms with Gasteiger partial charge in [-0.3, -0.25) is 0 Å². The molecule has 17 heavy (non-hydrogen) atoms. The van der Waals surface area contributed by atoms with Gasteiger partial charge in [0.15, 0.2) is 0 Å². The quantitative estimate of drug-likeness (QED) is 0.880. The van der Waals surface area contributed by atoms with Crippen LogP contribution in [0.1, 0.15) is 38.3 Å². The van der Waals surface area contributed by atoms with Crippen LogP contribution in [0.5, 0.6) is 0 Å².